The van der Waals surface area contributed by atoms with Crippen LogP contribution >= 0.6 is 0 Å². The third-order valence-electron chi connectivity index (χ3n) is 5.01. The maximum atomic E-state index is 5.85. The molecule has 0 aliphatic rings. The van der Waals surface area contributed by atoms with Crippen LogP contribution in [0.2, 0.25) is 0 Å². The van der Waals surface area contributed by atoms with Gasteiger partial charge in [-0.1, -0.05) is 27.2 Å². The topological polar surface area (TPSA) is 73.8 Å². The van der Waals surface area contributed by atoms with Gasteiger partial charge in [0.05, 0.1) is 92.5 Å². The fourth-order valence-corrected chi connectivity index (χ4v) is 2.40. The molecule has 0 saturated heterocycles. The highest BCUT2D eigenvalue weighted by molar-refractivity contribution is 4.77. The van der Waals surface area contributed by atoms with Crippen molar-refractivity contribution in [3.63, 3.8) is 0 Å². The lowest BCUT2D eigenvalue weighted by Gasteiger charge is -2.33. The quantitative estimate of drug-likeness (QED) is 0.213. The monoisotopic (exact) mass is 438 g/mol. The van der Waals surface area contributed by atoms with Crippen LogP contribution in [0.15, 0.2) is 0 Å². The molecule has 30 heavy (non-hydrogen) atoms. The van der Waals surface area contributed by atoms with Gasteiger partial charge in [-0.05, 0) is 5.41 Å². The molecule has 0 radical (unpaired) electrons. The molecular formula is C22H46O8. The Hall–Kier alpha value is -0.320. The Kier molecular flexibility index (Phi) is 21.7. The minimum atomic E-state index is 0.145. The summed E-state index contributed by atoms with van der Waals surface area (Å²) in [5, 5.41) is 0. The number of hydrogen-bond acceptors (Lipinski definition) is 8. The zero-order valence-electron chi connectivity index (χ0n) is 19.9. The van der Waals surface area contributed by atoms with Gasteiger partial charge in [-0.15, -0.1) is 0 Å². The van der Waals surface area contributed by atoms with E-state index in [4.69, 9.17) is 37.9 Å². The van der Waals surface area contributed by atoms with Crippen LogP contribution in [0, 0.1) is 11.3 Å². The average molecular weight is 439 g/mol. The van der Waals surface area contributed by atoms with Gasteiger partial charge >= 0.3 is 0 Å². The van der Waals surface area contributed by atoms with Gasteiger partial charge in [-0.3, -0.25) is 0 Å². The molecule has 0 unspecified atom stereocenters. The van der Waals surface area contributed by atoms with Gasteiger partial charge < -0.3 is 37.9 Å². The summed E-state index contributed by atoms with van der Waals surface area (Å²) in [5.74, 6) is 0.317. The van der Waals surface area contributed by atoms with Crippen molar-refractivity contribution >= 4 is 0 Å². The van der Waals surface area contributed by atoms with E-state index >= 15 is 0 Å². The van der Waals surface area contributed by atoms with Crippen LogP contribution in [0.5, 0.6) is 0 Å². The lowest BCUT2D eigenvalue weighted by Crippen LogP contribution is -2.32. The lowest BCUT2D eigenvalue weighted by molar-refractivity contribution is -0.0444. The molecule has 0 aromatic carbocycles. The van der Waals surface area contributed by atoms with Crippen LogP contribution in [0.1, 0.15) is 27.2 Å². The predicted molar refractivity (Wildman–Crippen MR) is 116 cm³/mol. The Bertz CT molecular complexity index is 317. The molecule has 0 heterocycles. The second kappa shape index (κ2) is 21.9. The van der Waals surface area contributed by atoms with Gasteiger partial charge in [0, 0.05) is 20.1 Å². The van der Waals surface area contributed by atoms with E-state index in [9.17, 15) is 0 Å². The Morgan fingerprint density at radius 3 is 1.10 bits per heavy atom. The molecule has 0 rings (SSSR count). The lowest BCUT2D eigenvalue weighted by atomic mass is 9.77. The zero-order valence-corrected chi connectivity index (χ0v) is 19.9. The minimum Gasteiger partial charge on any atom is -0.382 e. The van der Waals surface area contributed by atoms with Gasteiger partial charge in [0.1, 0.15) is 0 Å². The van der Waals surface area contributed by atoms with Crippen LogP contribution in [0.25, 0.3) is 0 Å². The van der Waals surface area contributed by atoms with Gasteiger partial charge in [-0.2, -0.15) is 0 Å². The molecule has 0 saturated carbocycles. The van der Waals surface area contributed by atoms with E-state index in [2.05, 4.69) is 20.8 Å². The summed E-state index contributed by atoms with van der Waals surface area (Å²) >= 11 is 0. The standard InChI is InChI=1S/C22H46O8/c1-6-22(2,3)21(19-29-17-15-27-13-11-25-9-7-23-4)20-30-18-16-28-14-12-26-10-8-24-5/h21H,6-20H2,1-5H3. The molecule has 0 spiro atoms. The number of rotatable bonds is 24. The summed E-state index contributed by atoms with van der Waals surface area (Å²) in [5.41, 5.74) is 0.145. The van der Waals surface area contributed by atoms with Gasteiger partial charge in [0.25, 0.3) is 0 Å². The van der Waals surface area contributed by atoms with Crippen molar-refractivity contribution in [1.29, 1.82) is 0 Å². The third-order valence-corrected chi connectivity index (χ3v) is 5.01. The number of hydrogen-bond donors (Lipinski definition) is 0. The fraction of sp³-hybridized carbons (Fsp3) is 1.00. The maximum Gasteiger partial charge on any atom is 0.0701 e. The molecule has 0 aromatic rings. The summed E-state index contributed by atoms with van der Waals surface area (Å²) in [7, 11) is 3.32. The molecule has 0 atom stereocenters. The normalized spacial score (nSPS) is 12.2. The second-order valence-corrected chi connectivity index (χ2v) is 7.62. The van der Waals surface area contributed by atoms with E-state index in [-0.39, 0.29) is 5.41 Å². The van der Waals surface area contributed by atoms with Crippen molar-refractivity contribution in [2.45, 2.75) is 27.2 Å². The van der Waals surface area contributed by atoms with Crippen molar-refractivity contribution in [3.05, 3.63) is 0 Å². The fourth-order valence-electron chi connectivity index (χ4n) is 2.40. The summed E-state index contributed by atoms with van der Waals surface area (Å²) in [4.78, 5) is 0. The average Bonchev–Trinajstić information content (AvgIpc) is 2.74. The molecule has 182 valence electrons. The first-order valence-electron chi connectivity index (χ1n) is 11.0. The van der Waals surface area contributed by atoms with Crippen LogP contribution in [-0.4, -0.2) is 107 Å². The largest absolute Gasteiger partial charge is 0.382 e. The van der Waals surface area contributed by atoms with Crippen LogP contribution in [-0.2, 0) is 37.9 Å². The van der Waals surface area contributed by atoms with E-state index < -0.39 is 0 Å². The smallest absolute Gasteiger partial charge is 0.0701 e. The summed E-state index contributed by atoms with van der Waals surface area (Å²) in [6.45, 7) is 15.0. The molecule has 0 aliphatic carbocycles. The summed E-state index contributed by atoms with van der Waals surface area (Å²) < 4.78 is 43.3. The molecule has 0 amide bonds. The van der Waals surface area contributed by atoms with E-state index in [1.807, 2.05) is 0 Å². The molecule has 0 aromatic heterocycles. The Morgan fingerprint density at radius 1 is 0.500 bits per heavy atom. The highest BCUT2D eigenvalue weighted by Crippen LogP contribution is 2.31. The maximum absolute atomic E-state index is 5.85. The third kappa shape index (κ3) is 18.4. The summed E-state index contributed by atoms with van der Waals surface area (Å²) in [6.07, 6.45) is 1.06. The molecule has 8 heteroatoms. The van der Waals surface area contributed by atoms with Crippen molar-refractivity contribution < 1.29 is 37.9 Å². The summed E-state index contributed by atoms with van der Waals surface area (Å²) in [6, 6.07) is 0. The van der Waals surface area contributed by atoms with E-state index in [0.29, 0.717) is 98.4 Å². The first-order chi connectivity index (χ1) is 14.6. The minimum absolute atomic E-state index is 0.145. The zero-order chi connectivity index (χ0) is 22.3. The molecular weight excluding hydrogens is 392 g/mol. The van der Waals surface area contributed by atoms with E-state index in [1.54, 1.807) is 14.2 Å². The van der Waals surface area contributed by atoms with Gasteiger partial charge in [-0.25, -0.2) is 0 Å². The first-order valence-corrected chi connectivity index (χ1v) is 11.0. The van der Waals surface area contributed by atoms with Crippen molar-refractivity contribution in [3.8, 4) is 0 Å². The first kappa shape index (κ1) is 29.7. The van der Waals surface area contributed by atoms with Crippen LogP contribution < -0.4 is 0 Å². The molecule has 0 aliphatic heterocycles. The highest BCUT2D eigenvalue weighted by atomic mass is 16.6. The molecule has 8 nitrogen and oxygen atoms in total. The van der Waals surface area contributed by atoms with Crippen LogP contribution in [0.3, 0.4) is 0 Å². The number of methoxy groups -OCH3 is 2. The predicted octanol–water partition coefficient (Wildman–Crippen LogP) is 2.43. The van der Waals surface area contributed by atoms with Gasteiger partial charge in [0.2, 0.25) is 0 Å². The van der Waals surface area contributed by atoms with E-state index in [0.717, 1.165) is 6.42 Å². The van der Waals surface area contributed by atoms with Crippen LogP contribution in [0.4, 0.5) is 0 Å². The van der Waals surface area contributed by atoms with Crippen molar-refractivity contribution in [2.75, 3.05) is 107 Å². The van der Waals surface area contributed by atoms with Crippen molar-refractivity contribution in [2.24, 2.45) is 11.3 Å². The SMILES string of the molecule is CCC(C)(C)C(COCCOCCOCCOC)COCCOCCOCCOC. The van der Waals surface area contributed by atoms with E-state index in [1.165, 1.54) is 0 Å². The Morgan fingerprint density at radius 2 is 0.800 bits per heavy atom. The highest BCUT2D eigenvalue weighted by Gasteiger charge is 2.28. The second-order valence-electron chi connectivity index (χ2n) is 7.62. The Balaban J connectivity index is 3.75. The number of ether oxygens (including phenoxy) is 8. The molecule has 0 N–H and O–H groups in total. The molecule has 0 bridgehead atoms. The van der Waals surface area contributed by atoms with Gasteiger partial charge in [0.15, 0.2) is 0 Å². The van der Waals surface area contributed by atoms with Crippen molar-refractivity contribution in [1.82, 2.24) is 0 Å². The molecule has 0 fully saturated rings. The Labute approximate surface area is 183 Å².